The Morgan fingerprint density at radius 2 is 1.83 bits per heavy atom. The summed E-state index contributed by atoms with van der Waals surface area (Å²) in [5.41, 5.74) is 4.52. The number of hydrogen-bond acceptors (Lipinski definition) is 1. The fourth-order valence-electron chi connectivity index (χ4n) is 1.52. The van der Waals surface area contributed by atoms with Crippen LogP contribution in [0, 0.1) is 13.8 Å². The monoisotopic (exact) mass is 158 g/mol. The molecule has 0 saturated heterocycles. The Kier molecular flexibility index (Phi) is 1.50. The van der Waals surface area contributed by atoms with Crippen molar-refractivity contribution in [3.05, 3.63) is 29.3 Å². The first kappa shape index (κ1) is 7.47. The predicted octanol–water partition coefficient (Wildman–Crippen LogP) is 1.31. The molecule has 1 aromatic carbocycles. The Labute approximate surface area is 72.8 Å². The molecule has 2 aromatic rings. The zero-order chi connectivity index (χ0) is 8.72. The first-order valence-corrected chi connectivity index (χ1v) is 4.15. The van der Waals surface area contributed by atoms with Gasteiger partial charge in [-0.25, -0.2) is 0 Å². The highest BCUT2D eigenvalue weighted by Crippen LogP contribution is 2.21. The summed E-state index contributed by atoms with van der Waals surface area (Å²) in [5, 5.41) is 1.24. The van der Waals surface area contributed by atoms with Crippen molar-refractivity contribution in [2.45, 2.75) is 13.8 Å². The molecule has 1 nitrogen and oxygen atoms in total. The van der Waals surface area contributed by atoms with Crippen LogP contribution in [0.1, 0.15) is 11.1 Å². The standard InChI is InChI=1S/C10H11BO/c1-6-3-4-7(2)10-8(6)5-9(11)12-10/h3-5H,11H2,1-2H3. The van der Waals surface area contributed by atoms with Crippen LogP contribution in [-0.2, 0) is 0 Å². The Morgan fingerprint density at radius 3 is 2.50 bits per heavy atom. The van der Waals surface area contributed by atoms with Gasteiger partial charge in [0.2, 0.25) is 0 Å². The van der Waals surface area contributed by atoms with Crippen LogP contribution in [0.25, 0.3) is 11.0 Å². The van der Waals surface area contributed by atoms with Crippen LogP contribution in [0.5, 0.6) is 0 Å². The Morgan fingerprint density at radius 1 is 1.17 bits per heavy atom. The van der Waals surface area contributed by atoms with Crippen LogP contribution < -0.4 is 5.66 Å². The minimum absolute atomic E-state index is 0.988. The first-order chi connectivity index (χ1) is 5.68. The number of benzene rings is 1. The summed E-state index contributed by atoms with van der Waals surface area (Å²) in [6.45, 7) is 4.18. The van der Waals surface area contributed by atoms with Gasteiger partial charge in [-0.2, -0.15) is 0 Å². The second-order valence-corrected chi connectivity index (χ2v) is 3.30. The molecular formula is C10H11BO. The number of furan rings is 1. The largest absolute Gasteiger partial charge is 0.472 e. The van der Waals surface area contributed by atoms with Crippen molar-refractivity contribution < 1.29 is 4.42 Å². The summed E-state index contributed by atoms with van der Waals surface area (Å²) in [5.74, 6) is 0. The molecule has 60 valence electrons. The van der Waals surface area contributed by atoms with Gasteiger partial charge in [0.15, 0.2) is 7.85 Å². The first-order valence-electron chi connectivity index (χ1n) is 4.15. The molecule has 0 saturated carbocycles. The lowest BCUT2D eigenvalue weighted by atomic mass is 10.0. The minimum atomic E-state index is 0.988. The van der Waals surface area contributed by atoms with E-state index in [9.17, 15) is 0 Å². The highest BCUT2D eigenvalue weighted by Gasteiger charge is 2.04. The molecule has 1 heterocycles. The highest BCUT2D eigenvalue weighted by molar-refractivity contribution is 6.31. The molecule has 0 bridgehead atoms. The molecule has 2 heteroatoms. The normalized spacial score (nSPS) is 10.8. The molecule has 0 radical (unpaired) electrons. The summed E-state index contributed by atoms with van der Waals surface area (Å²) >= 11 is 0. The molecule has 0 fully saturated rings. The van der Waals surface area contributed by atoms with E-state index in [-0.39, 0.29) is 0 Å². The van der Waals surface area contributed by atoms with Crippen molar-refractivity contribution in [2.24, 2.45) is 0 Å². The van der Waals surface area contributed by atoms with E-state index in [2.05, 4.69) is 32.0 Å². The average molecular weight is 158 g/mol. The van der Waals surface area contributed by atoms with Crippen LogP contribution >= 0.6 is 0 Å². The van der Waals surface area contributed by atoms with Gasteiger partial charge >= 0.3 is 0 Å². The summed E-state index contributed by atoms with van der Waals surface area (Å²) in [6.07, 6.45) is 0. The van der Waals surface area contributed by atoms with Crippen LogP contribution in [0.4, 0.5) is 0 Å². The third-order valence-corrected chi connectivity index (χ3v) is 2.22. The lowest BCUT2D eigenvalue weighted by molar-refractivity contribution is 0.650. The van der Waals surface area contributed by atoms with Gasteiger partial charge in [-0.15, -0.1) is 0 Å². The third kappa shape index (κ3) is 0.952. The second kappa shape index (κ2) is 2.41. The molecule has 0 atom stereocenters. The topological polar surface area (TPSA) is 13.1 Å². The van der Waals surface area contributed by atoms with Gasteiger partial charge in [0, 0.05) is 5.39 Å². The predicted molar refractivity (Wildman–Crippen MR) is 53.9 cm³/mol. The van der Waals surface area contributed by atoms with Gasteiger partial charge in [0.05, 0.1) is 5.66 Å². The fourth-order valence-corrected chi connectivity index (χ4v) is 1.52. The smallest absolute Gasteiger partial charge is 0.186 e. The lowest BCUT2D eigenvalue weighted by Gasteiger charge is -1.96. The summed E-state index contributed by atoms with van der Waals surface area (Å²) in [7, 11) is 1.98. The van der Waals surface area contributed by atoms with Gasteiger partial charge in [-0.05, 0) is 31.0 Å². The van der Waals surface area contributed by atoms with Crippen LogP contribution in [0.2, 0.25) is 0 Å². The SMILES string of the molecule is Bc1cc2c(C)ccc(C)c2o1. The molecule has 0 unspecified atom stereocenters. The lowest BCUT2D eigenvalue weighted by Crippen LogP contribution is -1.92. The van der Waals surface area contributed by atoms with Crippen molar-refractivity contribution in [1.82, 2.24) is 0 Å². The molecule has 0 amide bonds. The van der Waals surface area contributed by atoms with Crippen LogP contribution in [-0.4, -0.2) is 7.85 Å². The summed E-state index contributed by atoms with van der Waals surface area (Å²) in [4.78, 5) is 0. The zero-order valence-corrected chi connectivity index (χ0v) is 7.64. The molecular weight excluding hydrogens is 147 g/mol. The van der Waals surface area contributed by atoms with Crippen molar-refractivity contribution in [3.8, 4) is 0 Å². The molecule has 0 aliphatic rings. The van der Waals surface area contributed by atoms with Gasteiger partial charge in [-0.3, -0.25) is 0 Å². The zero-order valence-electron chi connectivity index (χ0n) is 7.64. The maximum atomic E-state index is 5.58. The van der Waals surface area contributed by atoms with E-state index in [0.717, 1.165) is 11.2 Å². The van der Waals surface area contributed by atoms with Gasteiger partial charge in [0.1, 0.15) is 5.58 Å². The maximum absolute atomic E-state index is 5.58. The van der Waals surface area contributed by atoms with Crippen molar-refractivity contribution >= 4 is 24.5 Å². The van der Waals surface area contributed by atoms with E-state index >= 15 is 0 Å². The van der Waals surface area contributed by atoms with E-state index in [0.29, 0.717) is 0 Å². The number of aryl methyl sites for hydroxylation is 2. The van der Waals surface area contributed by atoms with Crippen molar-refractivity contribution in [3.63, 3.8) is 0 Å². The third-order valence-electron chi connectivity index (χ3n) is 2.22. The average Bonchev–Trinajstić information content (AvgIpc) is 2.41. The van der Waals surface area contributed by atoms with Crippen LogP contribution in [0.3, 0.4) is 0 Å². The number of fused-ring (bicyclic) bond motifs is 1. The molecule has 0 spiro atoms. The minimum Gasteiger partial charge on any atom is -0.472 e. The van der Waals surface area contributed by atoms with Gasteiger partial charge < -0.3 is 4.42 Å². The van der Waals surface area contributed by atoms with Crippen molar-refractivity contribution in [2.75, 3.05) is 0 Å². The summed E-state index contributed by atoms with van der Waals surface area (Å²) in [6, 6.07) is 6.32. The van der Waals surface area contributed by atoms with E-state index < -0.39 is 0 Å². The maximum Gasteiger partial charge on any atom is 0.186 e. The molecule has 12 heavy (non-hydrogen) atoms. The van der Waals surface area contributed by atoms with Gasteiger partial charge in [-0.1, -0.05) is 12.1 Å². The fraction of sp³-hybridized carbons (Fsp3) is 0.200. The van der Waals surface area contributed by atoms with E-state index in [1.807, 2.05) is 7.85 Å². The number of hydrogen-bond donors (Lipinski definition) is 0. The molecule has 0 aliphatic carbocycles. The quantitative estimate of drug-likeness (QED) is 0.526. The van der Waals surface area contributed by atoms with E-state index in [4.69, 9.17) is 4.42 Å². The van der Waals surface area contributed by atoms with Gasteiger partial charge in [0.25, 0.3) is 0 Å². The van der Waals surface area contributed by atoms with E-state index in [1.165, 1.54) is 16.5 Å². The van der Waals surface area contributed by atoms with E-state index in [1.54, 1.807) is 0 Å². The second-order valence-electron chi connectivity index (χ2n) is 3.30. The molecule has 0 aliphatic heterocycles. The Balaban J connectivity index is 2.93. The molecule has 1 aromatic heterocycles. The van der Waals surface area contributed by atoms with Crippen molar-refractivity contribution in [1.29, 1.82) is 0 Å². The Bertz CT molecular complexity index is 390. The van der Waals surface area contributed by atoms with Crippen LogP contribution in [0.15, 0.2) is 22.6 Å². The number of rotatable bonds is 0. The molecule has 2 rings (SSSR count). The highest BCUT2D eigenvalue weighted by atomic mass is 16.3. The molecule has 0 N–H and O–H groups in total. The summed E-state index contributed by atoms with van der Waals surface area (Å²) < 4.78 is 5.58. The Hall–Kier alpha value is -1.18.